The molecule has 0 aromatic heterocycles. The van der Waals surface area contributed by atoms with Crippen LogP contribution in [0, 0.1) is 11.8 Å². The molecule has 0 aliphatic carbocycles. The molecule has 2 aromatic rings. The van der Waals surface area contributed by atoms with Gasteiger partial charge < -0.3 is 10.2 Å². The minimum atomic E-state index is -0.915. The molecule has 1 saturated heterocycles. The molecule has 29 heavy (non-hydrogen) atoms. The van der Waals surface area contributed by atoms with Crippen molar-refractivity contribution >= 4 is 11.9 Å². The van der Waals surface area contributed by atoms with Gasteiger partial charge in [-0.3, -0.25) is 14.5 Å². The summed E-state index contributed by atoms with van der Waals surface area (Å²) in [5.41, 5.74) is 2.54. The van der Waals surface area contributed by atoms with Gasteiger partial charge in [0.25, 0.3) is 0 Å². The molecular formula is C24H29NO4. The highest BCUT2D eigenvalue weighted by Gasteiger charge is 2.29. The summed E-state index contributed by atoms with van der Waals surface area (Å²) in [5, 5.41) is 18.2. The van der Waals surface area contributed by atoms with E-state index in [9.17, 15) is 9.59 Å². The molecule has 1 heterocycles. The molecule has 0 spiro atoms. The number of rotatable bonds is 9. The third-order valence-corrected chi connectivity index (χ3v) is 5.84. The summed E-state index contributed by atoms with van der Waals surface area (Å²) in [6, 6.07) is 21.2. The smallest absolute Gasteiger partial charge is 0.303 e. The number of likely N-dealkylation sites (tertiary alicyclic amines) is 1. The van der Waals surface area contributed by atoms with Gasteiger partial charge in [-0.2, -0.15) is 0 Å². The Morgan fingerprint density at radius 3 is 1.69 bits per heavy atom. The minimum Gasteiger partial charge on any atom is -0.481 e. The summed E-state index contributed by atoms with van der Waals surface area (Å²) in [7, 11) is 0. The molecule has 1 aliphatic heterocycles. The van der Waals surface area contributed by atoms with Crippen molar-refractivity contribution in [1.82, 2.24) is 4.90 Å². The molecule has 0 bridgehead atoms. The number of carboxylic acid groups (broad SMARTS) is 2. The monoisotopic (exact) mass is 395 g/mol. The summed E-state index contributed by atoms with van der Waals surface area (Å²) >= 11 is 0. The van der Waals surface area contributed by atoms with Gasteiger partial charge in [-0.15, -0.1) is 0 Å². The van der Waals surface area contributed by atoms with Crippen molar-refractivity contribution in [3.8, 4) is 0 Å². The number of aliphatic carboxylic acids is 2. The van der Waals surface area contributed by atoms with Gasteiger partial charge in [0.2, 0.25) is 0 Å². The predicted molar refractivity (Wildman–Crippen MR) is 112 cm³/mol. The summed E-state index contributed by atoms with van der Waals surface area (Å²) in [5.74, 6) is -1.74. The molecule has 0 radical (unpaired) electrons. The van der Waals surface area contributed by atoms with Gasteiger partial charge in [0.15, 0.2) is 0 Å². The van der Waals surface area contributed by atoms with E-state index in [-0.39, 0.29) is 24.8 Å². The van der Waals surface area contributed by atoms with Gasteiger partial charge in [-0.1, -0.05) is 60.7 Å². The highest BCUT2D eigenvalue weighted by molar-refractivity contribution is 5.70. The quantitative estimate of drug-likeness (QED) is 0.656. The van der Waals surface area contributed by atoms with Gasteiger partial charge >= 0.3 is 11.9 Å². The van der Waals surface area contributed by atoms with Gasteiger partial charge in [-0.05, 0) is 55.3 Å². The van der Waals surface area contributed by atoms with Crippen LogP contribution in [-0.4, -0.2) is 40.1 Å². The van der Waals surface area contributed by atoms with Crippen molar-refractivity contribution in [1.29, 1.82) is 0 Å². The van der Waals surface area contributed by atoms with Crippen molar-refractivity contribution in [3.63, 3.8) is 0 Å². The fourth-order valence-corrected chi connectivity index (χ4v) is 4.54. The van der Waals surface area contributed by atoms with Crippen LogP contribution >= 0.6 is 0 Å². The molecule has 1 aliphatic rings. The lowest BCUT2D eigenvalue weighted by atomic mass is 9.83. The molecule has 0 saturated carbocycles. The Morgan fingerprint density at radius 1 is 0.828 bits per heavy atom. The number of carboxylic acids is 2. The summed E-state index contributed by atoms with van der Waals surface area (Å²) in [4.78, 5) is 24.7. The molecule has 1 fully saturated rings. The minimum absolute atomic E-state index is 0.0663. The molecule has 0 amide bonds. The van der Waals surface area contributed by atoms with Gasteiger partial charge in [0.1, 0.15) is 0 Å². The highest BCUT2D eigenvalue weighted by atomic mass is 16.4. The highest BCUT2D eigenvalue weighted by Crippen LogP contribution is 2.34. The zero-order valence-corrected chi connectivity index (χ0v) is 16.6. The van der Waals surface area contributed by atoms with E-state index in [0.29, 0.717) is 12.3 Å². The van der Waals surface area contributed by atoms with Crippen LogP contribution in [0.4, 0.5) is 0 Å². The largest absolute Gasteiger partial charge is 0.481 e. The van der Waals surface area contributed by atoms with Crippen molar-refractivity contribution in [3.05, 3.63) is 71.8 Å². The van der Waals surface area contributed by atoms with Crippen LogP contribution in [-0.2, 0) is 9.59 Å². The van der Waals surface area contributed by atoms with Crippen LogP contribution in [0.5, 0.6) is 0 Å². The van der Waals surface area contributed by atoms with Crippen LogP contribution in [0.25, 0.3) is 0 Å². The summed E-state index contributed by atoms with van der Waals surface area (Å²) in [6.45, 7) is 1.85. The molecule has 5 nitrogen and oxygen atoms in total. The number of hydrogen-bond acceptors (Lipinski definition) is 3. The fraction of sp³-hybridized carbons (Fsp3) is 0.417. The SMILES string of the molecule is O=C(O)CC(CC(=O)O)CC1CCN(C(c2ccccc2)c2ccccc2)CC1. The molecule has 0 unspecified atom stereocenters. The fourth-order valence-electron chi connectivity index (χ4n) is 4.54. The van der Waals surface area contributed by atoms with Crippen LogP contribution in [0.1, 0.15) is 49.3 Å². The average molecular weight is 395 g/mol. The number of nitrogens with zero attached hydrogens (tertiary/aromatic N) is 1. The van der Waals surface area contributed by atoms with E-state index in [1.54, 1.807) is 0 Å². The predicted octanol–water partition coefficient (Wildman–Crippen LogP) is 4.44. The zero-order chi connectivity index (χ0) is 20.6. The lowest BCUT2D eigenvalue weighted by Crippen LogP contribution is -2.38. The maximum absolute atomic E-state index is 11.1. The average Bonchev–Trinajstić information content (AvgIpc) is 2.70. The van der Waals surface area contributed by atoms with Crippen LogP contribution in [0.2, 0.25) is 0 Å². The van der Waals surface area contributed by atoms with Gasteiger partial charge in [0, 0.05) is 12.8 Å². The second kappa shape index (κ2) is 10.2. The Morgan fingerprint density at radius 2 is 1.28 bits per heavy atom. The van der Waals surface area contributed by atoms with E-state index < -0.39 is 11.9 Å². The Labute approximate surface area is 172 Å². The van der Waals surface area contributed by atoms with Gasteiger partial charge in [-0.25, -0.2) is 0 Å². The Hall–Kier alpha value is -2.66. The van der Waals surface area contributed by atoms with Crippen molar-refractivity contribution in [2.75, 3.05) is 13.1 Å². The summed E-state index contributed by atoms with van der Waals surface area (Å²) < 4.78 is 0. The van der Waals surface area contributed by atoms with Crippen LogP contribution in [0.15, 0.2) is 60.7 Å². The number of benzene rings is 2. The topological polar surface area (TPSA) is 77.8 Å². The van der Waals surface area contributed by atoms with Crippen molar-refractivity contribution in [2.45, 2.75) is 38.1 Å². The van der Waals surface area contributed by atoms with E-state index in [2.05, 4.69) is 53.4 Å². The molecule has 2 aromatic carbocycles. The molecule has 5 heteroatoms. The van der Waals surface area contributed by atoms with E-state index in [1.807, 2.05) is 12.1 Å². The molecule has 154 valence electrons. The first-order chi connectivity index (χ1) is 14.0. The molecule has 0 atom stereocenters. The Balaban J connectivity index is 1.67. The van der Waals surface area contributed by atoms with E-state index >= 15 is 0 Å². The van der Waals surface area contributed by atoms with E-state index in [0.717, 1.165) is 25.9 Å². The normalized spacial score (nSPS) is 15.7. The van der Waals surface area contributed by atoms with Crippen molar-refractivity contribution < 1.29 is 19.8 Å². The third-order valence-electron chi connectivity index (χ3n) is 5.84. The first-order valence-corrected chi connectivity index (χ1v) is 10.3. The lowest BCUT2D eigenvalue weighted by molar-refractivity contribution is -0.140. The summed E-state index contributed by atoms with van der Waals surface area (Å²) in [6.07, 6.45) is 2.47. The zero-order valence-electron chi connectivity index (χ0n) is 16.6. The van der Waals surface area contributed by atoms with E-state index in [4.69, 9.17) is 10.2 Å². The molecular weight excluding hydrogens is 366 g/mol. The Kier molecular flexibility index (Phi) is 7.42. The third kappa shape index (κ3) is 6.16. The number of carbonyl (C=O) groups is 2. The van der Waals surface area contributed by atoms with E-state index in [1.165, 1.54) is 11.1 Å². The number of piperidine rings is 1. The van der Waals surface area contributed by atoms with Crippen molar-refractivity contribution in [2.24, 2.45) is 11.8 Å². The maximum Gasteiger partial charge on any atom is 0.303 e. The lowest BCUT2D eigenvalue weighted by Gasteiger charge is -2.39. The number of hydrogen-bond donors (Lipinski definition) is 2. The second-order valence-corrected chi connectivity index (χ2v) is 8.00. The Bertz CT molecular complexity index is 730. The van der Waals surface area contributed by atoms with Gasteiger partial charge in [0.05, 0.1) is 6.04 Å². The first-order valence-electron chi connectivity index (χ1n) is 10.3. The first kappa shape index (κ1) is 21.1. The van der Waals surface area contributed by atoms with Crippen LogP contribution in [0.3, 0.4) is 0 Å². The second-order valence-electron chi connectivity index (χ2n) is 8.00. The maximum atomic E-state index is 11.1. The van der Waals surface area contributed by atoms with Crippen LogP contribution < -0.4 is 0 Å². The molecule has 2 N–H and O–H groups in total. The standard InChI is InChI=1S/C24H29NO4/c26-22(27)16-19(17-23(28)29)15-18-11-13-25(14-12-18)24(20-7-3-1-4-8-20)21-9-5-2-6-10-21/h1-10,18-19,24H,11-17H2,(H,26,27)(H,28,29). The molecule has 3 rings (SSSR count).